The molecule has 1 unspecified atom stereocenters. The second kappa shape index (κ2) is 7.92. The van der Waals surface area contributed by atoms with Gasteiger partial charge in [-0.25, -0.2) is 9.36 Å². The van der Waals surface area contributed by atoms with Gasteiger partial charge < -0.3 is 4.90 Å². The molecule has 1 aliphatic heterocycles. The lowest BCUT2D eigenvalue weighted by atomic mass is 10.1. The van der Waals surface area contributed by atoms with Crippen molar-refractivity contribution in [3.05, 3.63) is 88.8 Å². The van der Waals surface area contributed by atoms with E-state index in [-0.39, 0.29) is 17.4 Å². The molecule has 32 heavy (non-hydrogen) atoms. The van der Waals surface area contributed by atoms with Crippen molar-refractivity contribution in [1.29, 1.82) is 0 Å². The summed E-state index contributed by atoms with van der Waals surface area (Å²) < 4.78 is 3.41. The van der Waals surface area contributed by atoms with Crippen LogP contribution in [0.5, 0.6) is 0 Å². The lowest BCUT2D eigenvalue weighted by molar-refractivity contribution is -0.117. The van der Waals surface area contributed by atoms with Gasteiger partial charge in [0.15, 0.2) is 5.69 Å². The Hall–Kier alpha value is -4.00. The van der Waals surface area contributed by atoms with Crippen molar-refractivity contribution in [1.82, 2.24) is 19.6 Å². The zero-order chi connectivity index (χ0) is 22.2. The summed E-state index contributed by atoms with van der Waals surface area (Å²) in [6.07, 6.45) is 4.79. The van der Waals surface area contributed by atoms with Crippen molar-refractivity contribution in [2.75, 3.05) is 4.90 Å². The van der Waals surface area contributed by atoms with Crippen LogP contribution in [0.15, 0.2) is 77.9 Å². The van der Waals surface area contributed by atoms with E-state index in [0.29, 0.717) is 17.8 Å². The molecule has 7 heteroatoms. The van der Waals surface area contributed by atoms with Crippen molar-refractivity contribution < 1.29 is 4.79 Å². The number of aryl methyl sites for hydroxylation is 1. The molecule has 1 aliphatic rings. The number of carbonyl (C=O) groups is 1. The quantitative estimate of drug-likeness (QED) is 0.497. The van der Waals surface area contributed by atoms with Crippen LogP contribution in [0.1, 0.15) is 25.3 Å². The third kappa shape index (κ3) is 3.41. The van der Waals surface area contributed by atoms with Crippen molar-refractivity contribution in [3.63, 3.8) is 0 Å². The number of nitrogens with zero attached hydrogens (tertiary/aromatic N) is 5. The summed E-state index contributed by atoms with van der Waals surface area (Å²) >= 11 is 0. The molecule has 0 saturated carbocycles. The summed E-state index contributed by atoms with van der Waals surface area (Å²) in [4.78, 5) is 26.8. The molecule has 1 fully saturated rings. The van der Waals surface area contributed by atoms with E-state index in [1.54, 1.807) is 27.8 Å². The Morgan fingerprint density at radius 2 is 1.78 bits per heavy atom. The molecule has 1 saturated heterocycles. The van der Waals surface area contributed by atoms with E-state index in [1.165, 1.54) is 6.07 Å². The Morgan fingerprint density at radius 1 is 0.969 bits per heavy atom. The molecule has 0 spiro atoms. The van der Waals surface area contributed by atoms with Gasteiger partial charge in [-0.3, -0.25) is 9.59 Å². The largest absolute Gasteiger partial charge is 0.310 e. The third-order valence-electron chi connectivity index (χ3n) is 5.89. The van der Waals surface area contributed by atoms with Gasteiger partial charge >= 0.3 is 0 Å². The number of hydrogen-bond donors (Lipinski definition) is 0. The van der Waals surface area contributed by atoms with Crippen LogP contribution in [0.4, 0.5) is 5.69 Å². The smallest absolute Gasteiger partial charge is 0.227 e. The molecule has 5 rings (SSSR count). The minimum absolute atomic E-state index is 0.155. The molecule has 0 bridgehead atoms. The minimum Gasteiger partial charge on any atom is -0.310 e. The van der Waals surface area contributed by atoms with E-state index in [2.05, 4.69) is 17.1 Å². The molecule has 2 aromatic carbocycles. The van der Waals surface area contributed by atoms with Crippen molar-refractivity contribution in [3.8, 4) is 22.8 Å². The fourth-order valence-corrected chi connectivity index (χ4v) is 4.25. The van der Waals surface area contributed by atoms with Crippen LogP contribution in [-0.2, 0) is 4.79 Å². The summed E-state index contributed by atoms with van der Waals surface area (Å²) in [5, 5.41) is 9.04. The second-order valence-corrected chi connectivity index (χ2v) is 8.06. The average Bonchev–Trinajstić information content (AvgIpc) is 3.41. The van der Waals surface area contributed by atoms with Crippen LogP contribution in [0.25, 0.3) is 22.8 Å². The molecule has 0 N–H and O–H groups in total. The van der Waals surface area contributed by atoms with Crippen molar-refractivity contribution >= 4 is 11.6 Å². The molecule has 1 atom stereocenters. The molecule has 3 heterocycles. The first kappa shape index (κ1) is 19.9. The lowest BCUT2D eigenvalue weighted by Crippen LogP contribution is -2.30. The number of amides is 1. The highest BCUT2D eigenvalue weighted by atomic mass is 16.2. The third-order valence-corrected chi connectivity index (χ3v) is 5.89. The van der Waals surface area contributed by atoms with Crippen molar-refractivity contribution in [2.45, 2.75) is 32.7 Å². The summed E-state index contributed by atoms with van der Waals surface area (Å²) in [5.74, 6) is 0.155. The van der Waals surface area contributed by atoms with Crippen molar-refractivity contribution in [2.24, 2.45) is 0 Å². The Bertz CT molecular complexity index is 1360. The molecule has 160 valence electrons. The SMILES string of the molecule is Cc1cc(N2C(=O)CCC2C)ccc1-n1ccc(=O)c(-c2ccnn2-c2ccccc2)n1. The highest BCUT2D eigenvalue weighted by Gasteiger charge is 2.29. The van der Waals surface area contributed by atoms with Gasteiger partial charge in [-0.1, -0.05) is 18.2 Å². The van der Waals surface area contributed by atoms with Crippen LogP contribution in [0, 0.1) is 6.92 Å². The number of hydrogen-bond acceptors (Lipinski definition) is 4. The first-order chi connectivity index (χ1) is 15.5. The predicted molar refractivity (Wildman–Crippen MR) is 123 cm³/mol. The summed E-state index contributed by atoms with van der Waals surface area (Å²) in [6, 6.07) is 19.0. The van der Waals surface area contributed by atoms with Gasteiger partial charge in [-0.2, -0.15) is 10.2 Å². The molecule has 4 aromatic rings. The highest BCUT2D eigenvalue weighted by Crippen LogP contribution is 2.29. The summed E-state index contributed by atoms with van der Waals surface area (Å²) in [7, 11) is 0. The number of anilines is 1. The molecular weight excluding hydrogens is 402 g/mol. The lowest BCUT2D eigenvalue weighted by Gasteiger charge is -2.23. The molecule has 0 aliphatic carbocycles. The van der Waals surface area contributed by atoms with Gasteiger partial charge in [0, 0.05) is 30.4 Å². The van der Waals surface area contributed by atoms with Gasteiger partial charge in [-0.15, -0.1) is 0 Å². The van der Waals surface area contributed by atoms with E-state index < -0.39 is 0 Å². The second-order valence-electron chi connectivity index (χ2n) is 8.06. The molecule has 1 amide bonds. The number of aromatic nitrogens is 4. The van der Waals surface area contributed by atoms with E-state index in [9.17, 15) is 9.59 Å². The molecular formula is C25H23N5O2. The normalized spacial score (nSPS) is 16.0. The first-order valence-corrected chi connectivity index (χ1v) is 10.7. The van der Waals surface area contributed by atoms with E-state index in [4.69, 9.17) is 0 Å². The summed E-state index contributed by atoms with van der Waals surface area (Å²) in [6.45, 7) is 4.05. The van der Waals surface area contributed by atoms with Gasteiger partial charge in [0.1, 0.15) is 0 Å². The minimum atomic E-state index is -0.176. The van der Waals surface area contributed by atoms with Crippen LogP contribution in [-0.4, -0.2) is 31.5 Å². The maximum atomic E-state index is 12.7. The first-order valence-electron chi connectivity index (χ1n) is 10.7. The van der Waals surface area contributed by atoms with Gasteiger partial charge in [0.2, 0.25) is 11.3 Å². The maximum Gasteiger partial charge on any atom is 0.227 e. The van der Waals surface area contributed by atoms with Crippen LogP contribution < -0.4 is 10.3 Å². The predicted octanol–water partition coefficient (Wildman–Crippen LogP) is 3.91. The Morgan fingerprint density at radius 3 is 2.50 bits per heavy atom. The summed E-state index contributed by atoms with van der Waals surface area (Å²) in [5.41, 5.74) is 4.33. The monoisotopic (exact) mass is 425 g/mol. The Balaban J connectivity index is 1.55. The van der Waals surface area contributed by atoms with Crippen LogP contribution in [0.2, 0.25) is 0 Å². The van der Waals surface area contributed by atoms with Crippen LogP contribution >= 0.6 is 0 Å². The number of carbonyl (C=O) groups excluding carboxylic acids is 1. The standard InChI is InChI=1S/C25H23N5O2/c1-17-16-20(29-18(2)8-11-24(29)32)9-10-21(17)28-15-13-23(31)25(27-28)22-12-14-26-30(22)19-6-4-3-5-7-19/h3-7,9-10,12-16,18H,8,11H2,1-2H3. The highest BCUT2D eigenvalue weighted by molar-refractivity contribution is 5.96. The van der Waals surface area contributed by atoms with Crippen LogP contribution in [0.3, 0.4) is 0 Å². The van der Waals surface area contributed by atoms with E-state index in [0.717, 1.165) is 29.0 Å². The maximum absolute atomic E-state index is 12.7. The van der Waals surface area contributed by atoms with Gasteiger partial charge in [-0.05, 0) is 62.2 Å². The van der Waals surface area contributed by atoms with E-state index in [1.807, 2.05) is 60.4 Å². The zero-order valence-corrected chi connectivity index (χ0v) is 18.0. The number of benzene rings is 2. The van der Waals surface area contributed by atoms with E-state index >= 15 is 0 Å². The molecule has 7 nitrogen and oxygen atoms in total. The fraction of sp³-hybridized carbons (Fsp3) is 0.200. The molecule has 2 aromatic heterocycles. The average molecular weight is 425 g/mol. The van der Waals surface area contributed by atoms with Gasteiger partial charge in [0.05, 0.1) is 23.3 Å². The topological polar surface area (TPSA) is 73.0 Å². The number of rotatable bonds is 4. The number of para-hydroxylation sites is 1. The zero-order valence-electron chi connectivity index (χ0n) is 18.0. The van der Waals surface area contributed by atoms with Gasteiger partial charge in [0.25, 0.3) is 0 Å². The Labute approximate surface area is 185 Å². The molecule has 0 radical (unpaired) electrons. The Kier molecular flexibility index (Phi) is 4.93. The fourth-order valence-electron chi connectivity index (χ4n) is 4.25.